The Kier molecular flexibility index (Phi) is 6.23. The van der Waals surface area contributed by atoms with E-state index in [9.17, 15) is 17.2 Å². The van der Waals surface area contributed by atoms with Crippen molar-refractivity contribution in [3.63, 3.8) is 0 Å². The van der Waals surface area contributed by atoms with E-state index in [-0.39, 0.29) is 18.1 Å². The van der Waals surface area contributed by atoms with Crippen molar-refractivity contribution in [3.8, 4) is 0 Å². The van der Waals surface area contributed by atoms with E-state index in [1.54, 1.807) is 6.07 Å². The molecule has 0 unspecified atom stereocenters. The molecular weight excluding hydrogens is 506 g/mol. The summed E-state index contributed by atoms with van der Waals surface area (Å²) in [6.07, 6.45) is 0. The normalized spacial score (nSPS) is 17.3. The van der Waals surface area contributed by atoms with Gasteiger partial charge in [-0.15, -0.1) is 11.3 Å². The quantitative estimate of drug-likeness (QED) is 0.455. The molecule has 2 fully saturated rings. The largest absolute Gasteiger partial charge is 0.381 e. The van der Waals surface area contributed by atoms with Crippen LogP contribution >= 0.6 is 22.9 Å². The number of halogens is 3. The molecule has 0 aliphatic carbocycles. The van der Waals surface area contributed by atoms with Crippen LogP contribution in [0, 0.1) is 17.0 Å². The number of aromatic nitrogens is 1. The number of ether oxygens (including phenoxy) is 1. The highest BCUT2D eigenvalue weighted by Gasteiger charge is 2.48. The summed E-state index contributed by atoms with van der Waals surface area (Å²) in [7, 11) is -4.48. The molecule has 2 aliphatic rings. The average Bonchev–Trinajstić information content (AvgIpc) is 3.19. The van der Waals surface area contributed by atoms with E-state index in [0.29, 0.717) is 17.0 Å². The third-order valence-electron chi connectivity index (χ3n) is 5.95. The number of nitrogens with zero attached hydrogens (tertiary/aromatic N) is 2. The average molecular weight is 527 g/mol. The smallest absolute Gasteiger partial charge is 0.268 e. The Balaban J connectivity index is 1.30. The van der Waals surface area contributed by atoms with Crippen molar-refractivity contribution in [2.75, 3.05) is 36.3 Å². The molecule has 2 aromatic carbocycles. The fraction of sp³-hybridized carbons (Fsp3) is 0.318. The monoisotopic (exact) mass is 526 g/mol. The van der Waals surface area contributed by atoms with Crippen LogP contribution in [0.15, 0.2) is 46.1 Å². The van der Waals surface area contributed by atoms with Crippen molar-refractivity contribution in [2.45, 2.75) is 18.0 Å². The van der Waals surface area contributed by atoms with E-state index in [2.05, 4.69) is 19.9 Å². The lowest BCUT2D eigenvalue weighted by Gasteiger charge is -2.55. The first-order chi connectivity index (χ1) is 16.2. The Morgan fingerprint density at radius 1 is 1.21 bits per heavy atom. The maximum absolute atomic E-state index is 14.7. The van der Waals surface area contributed by atoms with Crippen LogP contribution in [0.5, 0.6) is 0 Å². The SMILES string of the molecule is O=S(=O)(Nc1cscn1)c1c(F)cc(NCc2c(Cl)cccc2CN2CC3(COC3)C2)cc1F. The second-order valence-corrected chi connectivity index (χ2v) is 11.4. The summed E-state index contributed by atoms with van der Waals surface area (Å²) >= 11 is 7.58. The van der Waals surface area contributed by atoms with Crippen molar-refractivity contribution in [1.82, 2.24) is 9.88 Å². The molecule has 0 atom stereocenters. The number of sulfonamides is 1. The number of nitrogens with one attached hydrogen (secondary N) is 2. The molecule has 3 heterocycles. The molecule has 34 heavy (non-hydrogen) atoms. The number of hydrogen-bond acceptors (Lipinski definition) is 7. The Bertz CT molecular complexity index is 1290. The van der Waals surface area contributed by atoms with Gasteiger partial charge in [-0.25, -0.2) is 22.2 Å². The second kappa shape index (κ2) is 9.04. The maximum atomic E-state index is 14.7. The minimum absolute atomic E-state index is 0.00444. The highest BCUT2D eigenvalue weighted by atomic mass is 35.5. The van der Waals surface area contributed by atoms with Gasteiger partial charge in [-0.2, -0.15) is 0 Å². The summed E-state index contributed by atoms with van der Waals surface area (Å²) in [6.45, 7) is 4.47. The molecule has 5 rings (SSSR count). The summed E-state index contributed by atoms with van der Waals surface area (Å²) in [6, 6.07) is 7.51. The van der Waals surface area contributed by atoms with Gasteiger partial charge in [0.15, 0.2) is 10.7 Å². The fourth-order valence-corrected chi connectivity index (χ4v) is 6.28. The molecule has 7 nitrogen and oxygen atoms in total. The zero-order valence-electron chi connectivity index (χ0n) is 17.9. The van der Waals surface area contributed by atoms with Crippen molar-refractivity contribution in [1.29, 1.82) is 0 Å². The van der Waals surface area contributed by atoms with Gasteiger partial charge >= 0.3 is 0 Å². The molecule has 0 bridgehead atoms. The number of rotatable bonds is 8. The predicted octanol–water partition coefficient (Wildman–Crippen LogP) is 4.32. The highest BCUT2D eigenvalue weighted by Crippen LogP contribution is 2.38. The summed E-state index contributed by atoms with van der Waals surface area (Å²) in [5, 5.41) is 4.93. The Labute approximate surface area is 204 Å². The van der Waals surface area contributed by atoms with Crippen LogP contribution in [0.4, 0.5) is 20.3 Å². The van der Waals surface area contributed by atoms with Crippen molar-refractivity contribution < 1.29 is 21.9 Å². The van der Waals surface area contributed by atoms with E-state index < -0.39 is 26.6 Å². The van der Waals surface area contributed by atoms with E-state index >= 15 is 0 Å². The maximum Gasteiger partial charge on any atom is 0.268 e. The predicted molar refractivity (Wildman–Crippen MR) is 127 cm³/mol. The molecular formula is C22H21ClF2N4O3S2. The molecule has 0 radical (unpaired) electrons. The van der Waals surface area contributed by atoms with Gasteiger partial charge in [0.05, 0.1) is 18.7 Å². The van der Waals surface area contributed by atoms with Gasteiger partial charge in [-0.05, 0) is 29.3 Å². The molecule has 0 amide bonds. The Morgan fingerprint density at radius 2 is 1.94 bits per heavy atom. The number of anilines is 2. The molecule has 0 saturated carbocycles. The van der Waals surface area contributed by atoms with Gasteiger partial charge in [0.25, 0.3) is 10.0 Å². The summed E-state index contributed by atoms with van der Waals surface area (Å²) in [5.41, 5.74) is 3.63. The van der Waals surface area contributed by atoms with Gasteiger partial charge in [0.2, 0.25) is 0 Å². The fourth-order valence-electron chi connectivity index (χ4n) is 4.34. The van der Waals surface area contributed by atoms with Gasteiger partial charge in [-0.1, -0.05) is 23.7 Å². The lowest BCUT2D eigenvalue weighted by atomic mass is 9.78. The van der Waals surface area contributed by atoms with Crippen LogP contribution in [-0.4, -0.2) is 44.6 Å². The lowest BCUT2D eigenvalue weighted by Crippen LogP contribution is -2.65. The number of hydrogen-bond donors (Lipinski definition) is 2. The molecule has 180 valence electrons. The zero-order chi connectivity index (χ0) is 23.9. The van der Waals surface area contributed by atoms with E-state index in [4.69, 9.17) is 16.3 Å². The minimum atomic E-state index is -4.48. The molecule has 3 aromatic rings. The molecule has 2 aliphatic heterocycles. The topological polar surface area (TPSA) is 83.6 Å². The first-order valence-corrected chi connectivity index (χ1v) is 13.3. The third-order valence-corrected chi connectivity index (χ3v) is 8.30. The number of thiazole rings is 1. The van der Waals surface area contributed by atoms with E-state index in [1.165, 1.54) is 10.9 Å². The highest BCUT2D eigenvalue weighted by molar-refractivity contribution is 7.92. The van der Waals surface area contributed by atoms with Crippen LogP contribution < -0.4 is 10.0 Å². The zero-order valence-corrected chi connectivity index (χ0v) is 20.2. The van der Waals surface area contributed by atoms with Crippen LogP contribution in [0.1, 0.15) is 11.1 Å². The Hall–Kier alpha value is -2.31. The van der Waals surface area contributed by atoms with Gasteiger partial charge < -0.3 is 10.1 Å². The lowest BCUT2D eigenvalue weighted by molar-refractivity contribution is -0.191. The molecule has 1 aromatic heterocycles. The van der Waals surface area contributed by atoms with Gasteiger partial charge in [-0.3, -0.25) is 9.62 Å². The number of likely N-dealkylation sites (tertiary alicyclic amines) is 1. The first kappa shape index (κ1) is 23.4. The van der Waals surface area contributed by atoms with E-state index in [1.807, 2.05) is 12.1 Å². The second-order valence-electron chi connectivity index (χ2n) is 8.62. The molecule has 2 saturated heterocycles. The summed E-state index contributed by atoms with van der Waals surface area (Å²) < 4.78 is 61.7. The van der Waals surface area contributed by atoms with Crippen molar-refractivity contribution in [2.24, 2.45) is 5.41 Å². The molecule has 2 N–H and O–H groups in total. The van der Waals surface area contributed by atoms with E-state index in [0.717, 1.165) is 60.9 Å². The van der Waals surface area contributed by atoms with Crippen LogP contribution in [0.3, 0.4) is 0 Å². The van der Waals surface area contributed by atoms with Crippen LogP contribution in [-0.2, 0) is 27.8 Å². The van der Waals surface area contributed by atoms with Crippen molar-refractivity contribution >= 4 is 44.5 Å². The Morgan fingerprint density at radius 3 is 2.56 bits per heavy atom. The standard InChI is InChI=1S/C22H21ClF2N4O3S2/c23-17-3-1-2-14(7-29-9-22(10-29)11-32-12-22)16(17)6-26-15-4-18(24)21(19(25)5-15)34(30,31)28-20-8-33-13-27-20/h1-5,8,13,26,28H,6-7,9-12H2. The number of benzene rings is 2. The van der Waals surface area contributed by atoms with Crippen LogP contribution in [0.2, 0.25) is 5.02 Å². The van der Waals surface area contributed by atoms with Crippen LogP contribution in [0.25, 0.3) is 0 Å². The van der Waals surface area contributed by atoms with Crippen molar-refractivity contribution in [3.05, 3.63) is 69.0 Å². The first-order valence-electron chi connectivity index (χ1n) is 10.5. The molecule has 1 spiro atoms. The third kappa shape index (κ3) is 4.63. The molecule has 12 heteroatoms. The minimum Gasteiger partial charge on any atom is -0.381 e. The van der Waals surface area contributed by atoms with Gasteiger partial charge in [0, 0.05) is 47.7 Å². The summed E-state index contributed by atoms with van der Waals surface area (Å²) in [5.74, 6) is -2.42. The van der Waals surface area contributed by atoms with Gasteiger partial charge in [0.1, 0.15) is 11.6 Å². The summed E-state index contributed by atoms with van der Waals surface area (Å²) in [4.78, 5) is 5.03.